The number of carbonyl (C=O) groups is 2. The number of carboxylic acids is 1. The fourth-order valence-corrected chi connectivity index (χ4v) is 1.85. The Morgan fingerprint density at radius 2 is 2.38 bits per heavy atom. The lowest BCUT2D eigenvalue weighted by Gasteiger charge is -2.33. The number of aliphatic carboxylic acids is 1. The van der Waals surface area contributed by atoms with E-state index in [1.54, 1.807) is 0 Å². The molecule has 2 N–H and O–H groups in total. The van der Waals surface area contributed by atoms with Crippen LogP contribution in [-0.4, -0.2) is 23.5 Å². The third kappa shape index (κ3) is 1.99. The minimum atomic E-state index is -0.890. The zero-order valence-corrected chi connectivity index (χ0v) is 7.80. The number of amides is 1. The molecule has 4 nitrogen and oxygen atoms in total. The number of nitrogens with one attached hydrogen (secondary N) is 1. The van der Waals surface area contributed by atoms with Gasteiger partial charge in [0.25, 0.3) is 0 Å². The van der Waals surface area contributed by atoms with Gasteiger partial charge in [-0.3, -0.25) is 9.59 Å². The van der Waals surface area contributed by atoms with Crippen LogP contribution in [0.4, 0.5) is 0 Å². The summed E-state index contributed by atoms with van der Waals surface area (Å²) < 4.78 is 0. The van der Waals surface area contributed by atoms with Crippen LogP contribution in [0.25, 0.3) is 0 Å². The maximum absolute atomic E-state index is 11.5. The van der Waals surface area contributed by atoms with Gasteiger partial charge in [-0.15, -0.1) is 0 Å². The fourth-order valence-electron chi connectivity index (χ4n) is 1.85. The SMILES string of the molecule is CC[C@]1(CC(=O)O)CCCNC1=O. The van der Waals surface area contributed by atoms with Crippen molar-refractivity contribution in [3.8, 4) is 0 Å². The Labute approximate surface area is 77.3 Å². The summed E-state index contributed by atoms with van der Waals surface area (Å²) in [7, 11) is 0. The molecule has 0 spiro atoms. The average Bonchev–Trinajstić information content (AvgIpc) is 2.08. The quantitative estimate of drug-likeness (QED) is 0.682. The van der Waals surface area contributed by atoms with Crippen LogP contribution >= 0.6 is 0 Å². The van der Waals surface area contributed by atoms with Gasteiger partial charge in [0, 0.05) is 6.54 Å². The molecule has 1 amide bonds. The molecule has 0 radical (unpaired) electrons. The van der Waals surface area contributed by atoms with E-state index in [4.69, 9.17) is 5.11 Å². The van der Waals surface area contributed by atoms with E-state index in [-0.39, 0.29) is 12.3 Å². The molecule has 1 rings (SSSR count). The Kier molecular flexibility index (Phi) is 2.90. The summed E-state index contributed by atoms with van der Waals surface area (Å²) in [4.78, 5) is 22.1. The second-order valence-electron chi connectivity index (χ2n) is 3.56. The van der Waals surface area contributed by atoms with Gasteiger partial charge in [0.1, 0.15) is 0 Å². The van der Waals surface area contributed by atoms with E-state index in [2.05, 4.69) is 5.32 Å². The molecule has 0 aromatic heterocycles. The molecule has 1 heterocycles. The van der Waals surface area contributed by atoms with Crippen LogP contribution in [-0.2, 0) is 9.59 Å². The maximum atomic E-state index is 11.5. The lowest BCUT2D eigenvalue weighted by molar-refractivity contribution is -0.147. The first-order valence-electron chi connectivity index (χ1n) is 4.61. The smallest absolute Gasteiger partial charge is 0.304 e. The van der Waals surface area contributed by atoms with Gasteiger partial charge in [-0.1, -0.05) is 6.92 Å². The molecule has 1 aliphatic heterocycles. The average molecular weight is 185 g/mol. The summed E-state index contributed by atoms with van der Waals surface area (Å²) in [5.41, 5.74) is -0.649. The summed E-state index contributed by atoms with van der Waals surface area (Å²) in [6.45, 7) is 2.55. The molecule has 0 aliphatic carbocycles. The molecule has 0 unspecified atom stereocenters. The van der Waals surface area contributed by atoms with Crippen molar-refractivity contribution in [2.45, 2.75) is 32.6 Å². The number of rotatable bonds is 3. The highest BCUT2D eigenvalue weighted by Crippen LogP contribution is 2.34. The molecular formula is C9H15NO3. The van der Waals surface area contributed by atoms with Gasteiger partial charge in [0.15, 0.2) is 0 Å². The first-order valence-corrected chi connectivity index (χ1v) is 4.61. The highest BCUT2D eigenvalue weighted by molar-refractivity contribution is 5.87. The van der Waals surface area contributed by atoms with Crippen LogP contribution in [0.3, 0.4) is 0 Å². The largest absolute Gasteiger partial charge is 0.481 e. The molecule has 0 aromatic carbocycles. The van der Waals surface area contributed by atoms with Gasteiger partial charge in [0.2, 0.25) is 5.91 Å². The lowest BCUT2D eigenvalue weighted by Crippen LogP contribution is -2.46. The van der Waals surface area contributed by atoms with Gasteiger partial charge in [-0.05, 0) is 19.3 Å². The molecular weight excluding hydrogens is 170 g/mol. The van der Waals surface area contributed by atoms with Crippen molar-refractivity contribution in [1.29, 1.82) is 0 Å². The van der Waals surface area contributed by atoms with Crippen LogP contribution in [0.1, 0.15) is 32.6 Å². The Hall–Kier alpha value is -1.06. The summed E-state index contributed by atoms with van der Waals surface area (Å²) in [5.74, 6) is -0.984. The lowest BCUT2D eigenvalue weighted by atomic mass is 9.75. The molecule has 1 atom stereocenters. The van der Waals surface area contributed by atoms with Crippen LogP contribution in [0.5, 0.6) is 0 Å². The van der Waals surface area contributed by atoms with Gasteiger partial charge in [-0.2, -0.15) is 0 Å². The molecule has 0 aromatic rings. The van der Waals surface area contributed by atoms with Gasteiger partial charge in [-0.25, -0.2) is 0 Å². The second kappa shape index (κ2) is 3.77. The van der Waals surface area contributed by atoms with E-state index < -0.39 is 11.4 Å². The number of carboxylic acid groups (broad SMARTS) is 1. The normalized spacial score (nSPS) is 28.2. The van der Waals surface area contributed by atoms with Gasteiger partial charge in [0.05, 0.1) is 11.8 Å². The fraction of sp³-hybridized carbons (Fsp3) is 0.778. The maximum Gasteiger partial charge on any atom is 0.304 e. The topological polar surface area (TPSA) is 66.4 Å². The summed E-state index contributed by atoms with van der Waals surface area (Å²) in [6, 6.07) is 0. The Balaban J connectivity index is 2.76. The number of hydrogen-bond donors (Lipinski definition) is 2. The number of carbonyl (C=O) groups excluding carboxylic acids is 1. The van der Waals surface area contributed by atoms with Gasteiger partial charge < -0.3 is 10.4 Å². The van der Waals surface area contributed by atoms with Crippen molar-refractivity contribution in [2.75, 3.05) is 6.54 Å². The third-order valence-electron chi connectivity index (χ3n) is 2.77. The monoisotopic (exact) mass is 185 g/mol. The Morgan fingerprint density at radius 3 is 2.85 bits per heavy atom. The Bertz CT molecular complexity index is 227. The van der Waals surface area contributed by atoms with Crippen molar-refractivity contribution in [3.63, 3.8) is 0 Å². The van der Waals surface area contributed by atoms with Crippen LogP contribution in [0, 0.1) is 5.41 Å². The van der Waals surface area contributed by atoms with Crippen LogP contribution < -0.4 is 5.32 Å². The number of hydrogen-bond acceptors (Lipinski definition) is 2. The van der Waals surface area contributed by atoms with E-state index in [0.717, 1.165) is 6.42 Å². The zero-order chi connectivity index (χ0) is 9.90. The standard InChI is InChI=1S/C9H15NO3/c1-2-9(6-7(11)12)4-3-5-10-8(9)13/h2-6H2,1H3,(H,10,13)(H,11,12)/t9-/m1/s1. The van der Waals surface area contributed by atoms with Crippen molar-refractivity contribution in [3.05, 3.63) is 0 Å². The van der Waals surface area contributed by atoms with E-state index in [0.29, 0.717) is 19.4 Å². The highest BCUT2D eigenvalue weighted by atomic mass is 16.4. The van der Waals surface area contributed by atoms with E-state index in [9.17, 15) is 9.59 Å². The minimum absolute atomic E-state index is 0.0463. The summed E-state index contributed by atoms with van der Waals surface area (Å²) in [6.07, 6.45) is 2.13. The third-order valence-corrected chi connectivity index (χ3v) is 2.77. The van der Waals surface area contributed by atoms with Crippen molar-refractivity contribution in [2.24, 2.45) is 5.41 Å². The van der Waals surface area contributed by atoms with Crippen molar-refractivity contribution in [1.82, 2.24) is 5.32 Å². The predicted octanol–water partition coefficient (Wildman–Crippen LogP) is 0.767. The highest BCUT2D eigenvalue weighted by Gasteiger charge is 2.40. The molecule has 74 valence electrons. The summed E-state index contributed by atoms with van der Waals surface area (Å²) in [5, 5.41) is 11.4. The Morgan fingerprint density at radius 1 is 1.69 bits per heavy atom. The molecule has 1 fully saturated rings. The second-order valence-corrected chi connectivity index (χ2v) is 3.56. The number of piperidine rings is 1. The molecule has 1 aliphatic rings. The van der Waals surface area contributed by atoms with Crippen LogP contribution in [0.15, 0.2) is 0 Å². The van der Waals surface area contributed by atoms with E-state index >= 15 is 0 Å². The van der Waals surface area contributed by atoms with E-state index in [1.807, 2.05) is 6.92 Å². The van der Waals surface area contributed by atoms with Gasteiger partial charge >= 0.3 is 5.97 Å². The minimum Gasteiger partial charge on any atom is -0.481 e. The molecule has 1 saturated heterocycles. The summed E-state index contributed by atoms with van der Waals surface area (Å²) >= 11 is 0. The molecule has 0 bridgehead atoms. The van der Waals surface area contributed by atoms with Crippen molar-refractivity contribution >= 4 is 11.9 Å². The molecule has 4 heteroatoms. The molecule has 0 saturated carbocycles. The van der Waals surface area contributed by atoms with E-state index in [1.165, 1.54) is 0 Å². The van der Waals surface area contributed by atoms with Crippen LogP contribution in [0.2, 0.25) is 0 Å². The first-order chi connectivity index (χ1) is 6.10. The first kappa shape index (κ1) is 10.0. The predicted molar refractivity (Wildman–Crippen MR) is 47.2 cm³/mol. The molecule has 13 heavy (non-hydrogen) atoms. The zero-order valence-electron chi connectivity index (χ0n) is 7.80. The van der Waals surface area contributed by atoms with Crippen molar-refractivity contribution < 1.29 is 14.7 Å².